The Bertz CT molecular complexity index is 857. The highest BCUT2D eigenvalue weighted by molar-refractivity contribution is 5.92. The predicted octanol–water partition coefficient (Wildman–Crippen LogP) is 2.93. The molecule has 1 N–H and O–H groups in total. The van der Waals surface area contributed by atoms with E-state index < -0.39 is 0 Å². The Morgan fingerprint density at radius 3 is 3.17 bits per heavy atom. The summed E-state index contributed by atoms with van der Waals surface area (Å²) in [6, 6.07) is 10.2. The van der Waals surface area contributed by atoms with Crippen LogP contribution in [0, 0.1) is 5.92 Å². The molecule has 5 nitrogen and oxygen atoms in total. The largest absolute Gasteiger partial charge is 0.338 e. The van der Waals surface area contributed by atoms with Crippen LogP contribution in [0.25, 0.3) is 22.3 Å². The minimum atomic E-state index is 0.0375. The summed E-state index contributed by atoms with van der Waals surface area (Å²) in [5.41, 5.74) is 0.838. The van der Waals surface area contributed by atoms with Crippen LogP contribution in [-0.4, -0.2) is 28.2 Å². The maximum absolute atomic E-state index is 5.72. The molecule has 5 rings (SSSR count). The van der Waals surface area contributed by atoms with Crippen molar-refractivity contribution in [2.45, 2.75) is 24.7 Å². The van der Waals surface area contributed by atoms with Gasteiger partial charge in [0.15, 0.2) is 0 Å². The molecule has 5 heteroatoms. The molecule has 3 aromatic rings. The highest BCUT2D eigenvalue weighted by Gasteiger charge is 2.51. The third-order valence-electron chi connectivity index (χ3n) is 5.53. The first kappa shape index (κ1) is 13.2. The summed E-state index contributed by atoms with van der Waals surface area (Å²) >= 11 is 0. The van der Waals surface area contributed by atoms with Crippen molar-refractivity contribution in [3.63, 3.8) is 0 Å². The van der Waals surface area contributed by atoms with Gasteiger partial charge in [0.05, 0.1) is 5.41 Å². The molecule has 1 aromatic carbocycles. The minimum Gasteiger partial charge on any atom is -0.338 e. The van der Waals surface area contributed by atoms with Crippen molar-refractivity contribution in [2.24, 2.45) is 5.92 Å². The van der Waals surface area contributed by atoms with Gasteiger partial charge in [0.2, 0.25) is 11.7 Å². The lowest BCUT2D eigenvalue weighted by molar-refractivity contribution is 0.265. The number of benzene rings is 1. The van der Waals surface area contributed by atoms with Gasteiger partial charge in [0.25, 0.3) is 0 Å². The summed E-state index contributed by atoms with van der Waals surface area (Å²) in [6.07, 6.45) is 5.44. The molecule has 2 aliphatic rings. The molecule has 1 saturated carbocycles. The van der Waals surface area contributed by atoms with Gasteiger partial charge in [0.1, 0.15) is 5.69 Å². The summed E-state index contributed by atoms with van der Waals surface area (Å²) in [4.78, 5) is 9.27. The minimum absolute atomic E-state index is 0.0375. The summed E-state index contributed by atoms with van der Waals surface area (Å²) in [7, 11) is 0. The van der Waals surface area contributed by atoms with Crippen LogP contribution in [0.1, 0.15) is 25.2 Å². The van der Waals surface area contributed by atoms with Gasteiger partial charge < -0.3 is 9.84 Å². The number of nitrogens with zero attached hydrogens (tertiary/aromatic N) is 3. The maximum atomic E-state index is 5.72. The average molecular weight is 306 g/mol. The number of hydrogen-bond donors (Lipinski definition) is 1. The molecule has 1 aliphatic carbocycles. The third kappa shape index (κ3) is 1.86. The number of hydrogen-bond acceptors (Lipinski definition) is 5. The first-order valence-corrected chi connectivity index (χ1v) is 8.26. The quantitative estimate of drug-likeness (QED) is 0.788. The van der Waals surface area contributed by atoms with Crippen LogP contribution in [0.5, 0.6) is 0 Å². The highest BCUT2D eigenvalue weighted by atomic mass is 16.5. The smallest absolute Gasteiger partial charge is 0.234 e. The third-order valence-corrected chi connectivity index (χ3v) is 5.53. The van der Waals surface area contributed by atoms with Gasteiger partial charge in [0, 0.05) is 18.1 Å². The van der Waals surface area contributed by atoms with Crippen LogP contribution < -0.4 is 5.32 Å². The molecular formula is C18H18N4O. The van der Waals surface area contributed by atoms with Gasteiger partial charge in [-0.1, -0.05) is 35.8 Å². The van der Waals surface area contributed by atoms with Gasteiger partial charge in [-0.25, -0.2) is 0 Å². The van der Waals surface area contributed by atoms with Crippen LogP contribution in [0.15, 0.2) is 41.1 Å². The molecule has 23 heavy (non-hydrogen) atoms. The van der Waals surface area contributed by atoms with Gasteiger partial charge >= 0.3 is 0 Å². The van der Waals surface area contributed by atoms with Crippen LogP contribution in [-0.2, 0) is 5.41 Å². The fraction of sp³-hybridized carbons (Fsp3) is 0.389. The molecule has 116 valence electrons. The van der Waals surface area contributed by atoms with Gasteiger partial charge in [-0.05, 0) is 36.8 Å². The van der Waals surface area contributed by atoms with Gasteiger partial charge in [-0.2, -0.15) is 4.98 Å². The fourth-order valence-corrected chi connectivity index (χ4v) is 4.32. The Kier molecular flexibility index (Phi) is 2.79. The summed E-state index contributed by atoms with van der Waals surface area (Å²) in [5, 5.41) is 9.96. The van der Waals surface area contributed by atoms with E-state index in [0.717, 1.165) is 41.9 Å². The molecular weight excluding hydrogens is 288 g/mol. The Hall–Kier alpha value is -2.27. The molecule has 0 amide bonds. The van der Waals surface area contributed by atoms with Crippen LogP contribution >= 0.6 is 0 Å². The standard InChI is InChI=1S/C18H18N4O/c1-2-6-14-12(4-1)7-9-20-15(14)16-21-17(23-22-16)18-8-3-5-13(18)10-19-11-18/h1-2,4,6-7,9,13,19H,3,5,8,10-11H2/t13-,18-/m1/s1. The zero-order valence-electron chi connectivity index (χ0n) is 12.8. The number of nitrogens with one attached hydrogen (secondary N) is 1. The second kappa shape index (κ2) is 4.86. The zero-order valence-corrected chi connectivity index (χ0v) is 12.8. The Morgan fingerprint density at radius 2 is 2.17 bits per heavy atom. The van der Waals surface area contributed by atoms with Gasteiger partial charge in [-0.3, -0.25) is 4.98 Å². The van der Waals surface area contributed by atoms with E-state index in [-0.39, 0.29) is 5.41 Å². The van der Waals surface area contributed by atoms with E-state index in [4.69, 9.17) is 9.51 Å². The van der Waals surface area contributed by atoms with E-state index in [1.807, 2.05) is 24.4 Å². The molecule has 3 heterocycles. The topological polar surface area (TPSA) is 63.8 Å². The zero-order chi connectivity index (χ0) is 15.3. The van der Waals surface area contributed by atoms with Crippen molar-refractivity contribution in [3.8, 4) is 11.5 Å². The number of rotatable bonds is 2. The lowest BCUT2D eigenvalue weighted by Crippen LogP contribution is -2.31. The first-order valence-electron chi connectivity index (χ1n) is 8.26. The molecule has 2 atom stereocenters. The summed E-state index contributed by atoms with van der Waals surface area (Å²) in [5.74, 6) is 2.01. The fourth-order valence-electron chi connectivity index (χ4n) is 4.32. The molecule has 0 spiro atoms. The molecule has 2 aromatic heterocycles. The van der Waals surface area contributed by atoms with E-state index in [1.165, 1.54) is 12.8 Å². The van der Waals surface area contributed by atoms with E-state index in [1.54, 1.807) is 0 Å². The van der Waals surface area contributed by atoms with Crippen LogP contribution in [0.4, 0.5) is 0 Å². The van der Waals surface area contributed by atoms with Crippen LogP contribution in [0.2, 0.25) is 0 Å². The number of fused-ring (bicyclic) bond motifs is 2. The average Bonchev–Trinajstić information content (AvgIpc) is 3.29. The van der Waals surface area contributed by atoms with Gasteiger partial charge in [-0.15, -0.1) is 0 Å². The Balaban J connectivity index is 1.62. The lowest BCUT2D eigenvalue weighted by atomic mass is 9.80. The molecule has 2 fully saturated rings. The van der Waals surface area contributed by atoms with E-state index in [0.29, 0.717) is 11.7 Å². The van der Waals surface area contributed by atoms with Crippen molar-refractivity contribution in [2.75, 3.05) is 13.1 Å². The lowest BCUT2D eigenvalue weighted by Gasteiger charge is -2.22. The second-order valence-electron chi connectivity index (χ2n) is 6.68. The van der Waals surface area contributed by atoms with E-state index in [2.05, 4.69) is 27.6 Å². The molecule has 1 saturated heterocycles. The van der Waals surface area contributed by atoms with Crippen molar-refractivity contribution in [1.29, 1.82) is 0 Å². The monoisotopic (exact) mass is 306 g/mol. The number of aromatic nitrogens is 3. The Labute approximate surface area is 134 Å². The van der Waals surface area contributed by atoms with Crippen molar-refractivity contribution in [1.82, 2.24) is 20.4 Å². The molecule has 0 unspecified atom stereocenters. The summed E-state index contributed by atoms with van der Waals surface area (Å²) < 4.78 is 5.72. The Morgan fingerprint density at radius 1 is 1.22 bits per heavy atom. The normalized spacial score (nSPS) is 26.7. The first-order chi connectivity index (χ1) is 11.4. The second-order valence-corrected chi connectivity index (χ2v) is 6.68. The molecule has 0 radical (unpaired) electrons. The predicted molar refractivity (Wildman–Crippen MR) is 86.9 cm³/mol. The van der Waals surface area contributed by atoms with Crippen molar-refractivity contribution in [3.05, 3.63) is 42.4 Å². The van der Waals surface area contributed by atoms with E-state index >= 15 is 0 Å². The molecule has 1 aliphatic heterocycles. The maximum Gasteiger partial charge on any atom is 0.234 e. The van der Waals surface area contributed by atoms with E-state index in [9.17, 15) is 0 Å². The van der Waals surface area contributed by atoms with Crippen molar-refractivity contribution < 1.29 is 4.52 Å². The SMILES string of the molecule is c1ccc2c(-c3noc([C@@]45CCC[C@@H]4CNC5)n3)nccc2c1. The number of pyridine rings is 1. The highest BCUT2D eigenvalue weighted by Crippen LogP contribution is 2.47. The summed E-state index contributed by atoms with van der Waals surface area (Å²) in [6.45, 7) is 2.01. The van der Waals surface area contributed by atoms with Crippen molar-refractivity contribution >= 4 is 10.8 Å². The van der Waals surface area contributed by atoms with Crippen LogP contribution in [0.3, 0.4) is 0 Å². The molecule has 0 bridgehead atoms.